The van der Waals surface area contributed by atoms with Gasteiger partial charge in [0.25, 0.3) is 0 Å². The molecule has 5 heteroatoms. The molecule has 4 rings (SSSR count). The van der Waals surface area contributed by atoms with Gasteiger partial charge in [-0.1, -0.05) is 48.5 Å². The van der Waals surface area contributed by atoms with Gasteiger partial charge in [0, 0.05) is 16.3 Å². The normalized spacial score (nSPS) is 20.2. The second-order valence-electron chi connectivity index (χ2n) is 8.45. The van der Waals surface area contributed by atoms with Crippen LogP contribution in [0.3, 0.4) is 0 Å². The fourth-order valence-corrected chi connectivity index (χ4v) is 4.22. The van der Waals surface area contributed by atoms with Gasteiger partial charge in [-0.3, -0.25) is 0 Å². The van der Waals surface area contributed by atoms with E-state index in [1.807, 2.05) is 83.1 Å². The first kappa shape index (κ1) is 19.2. The third-order valence-corrected chi connectivity index (χ3v) is 6.58. The number of rotatable bonds is 3. The maximum atomic E-state index is 11.2. The van der Waals surface area contributed by atoms with Crippen molar-refractivity contribution < 1.29 is 15.2 Å². The summed E-state index contributed by atoms with van der Waals surface area (Å²) < 4.78 is 6.03. The van der Waals surface area contributed by atoms with E-state index < -0.39 is 17.2 Å². The Hall–Kier alpha value is -2.18. The SMILES string of the molecule is CCOc1c2ccccc2c(C2N(O)C(C)(C)C(C)(C)N2O)c2ccccc12. The van der Waals surface area contributed by atoms with Gasteiger partial charge in [-0.2, -0.15) is 10.1 Å². The molecule has 1 fully saturated rings. The van der Waals surface area contributed by atoms with Crippen molar-refractivity contribution in [2.45, 2.75) is 51.9 Å². The average molecular weight is 380 g/mol. The average Bonchev–Trinajstić information content (AvgIpc) is 2.80. The topological polar surface area (TPSA) is 56.2 Å². The molecular formula is C23H28N2O3. The van der Waals surface area contributed by atoms with Crippen molar-refractivity contribution in [1.82, 2.24) is 10.1 Å². The Kier molecular flexibility index (Phi) is 4.39. The Morgan fingerprint density at radius 2 is 1.18 bits per heavy atom. The molecule has 0 spiro atoms. The Bertz CT molecular complexity index is 968. The standard InChI is InChI=1S/C23H28N2O3/c1-6-28-20-17-13-9-7-11-15(17)19(16-12-8-10-14-18(16)20)21-24(26)22(2,3)23(4,5)25(21)27/h7-14,21,26-27H,6H2,1-5H3. The molecule has 1 heterocycles. The highest BCUT2D eigenvalue weighted by Gasteiger charge is 2.58. The zero-order chi connectivity index (χ0) is 20.3. The van der Waals surface area contributed by atoms with Crippen molar-refractivity contribution in [2.24, 2.45) is 0 Å². The summed E-state index contributed by atoms with van der Waals surface area (Å²) in [4.78, 5) is 0. The van der Waals surface area contributed by atoms with E-state index >= 15 is 0 Å². The minimum absolute atomic E-state index is 0.565. The zero-order valence-corrected chi connectivity index (χ0v) is 17.1. The monoisotopic (exact) mass is 380 g/mol. The summed E-state index contributed by atoms with van der Waals surface area (Å²) in [6.07, 6.45) is -0.699. The quantitative estimate of drug-likeness (QED) is 0.601. The highest BCUT2D eigenvalue weighted by molar-refractivity contribution is 6.08. The molecule has 0 unspecified atom stereocenters. The van der Waals surface area contributed by atoms with E-state index in [-0.39, 0.29) is 0 Å². The highest BCUT2D eigenvalue weighted by atomic mass is 16.6. The molecule has 0 bridgehead atoms. The molecule has 0 radical (unpaired) electrons. The van der Waals surface area contributed by atoms with E-state index in [2.05, 4.69) is 0 Å². The lowest BCUT2D eigenvalue weighted by atomic mass is 9.84. The molecule has 0 amide bonds. The summed E-state index contributed by atoms with van der Waals surface area (Å²) in [6, 6.07) is 16.0. The van der Waals surface area contributed by atoms with Gasteiger partial charge >= 0.3 is 0 Å². The molecule has 28 heavy (non-hydrogen) atoms. The van der Waals surface area contributed by atoms with Gasteiger partial charge in [0.15, 0.2) is 0 Å². The first-order valence-corrected chi connectivity index (χ1v) is 9.76. The van der Waals surface area contributed by atoms with Crippen molar-refractivity contribution in [2.75, 3.05) is 6.61 Å². The molecule has 2 N–H and O–H groups in total. The number of hydroxylamine groups is 4. The van der Waals surface area contributed by atoms with E-state index in [1.54, 1.807) is 0 Å². The van der Waals surface area contributed by atoms with Crippen LogP contribution in [-0.4, -0.2) is 38.2 Å². The summed E-state index contributed by atoms with van der Waals surface area (Å²) in [5, 5.41) is 28.8. The molecule has 0 aromatic heterocycles. The first-order valence-electron chi connectivity index (χ1n) is 9.76. The molecular weight excluding hydrogens is 352 g/mol. The predicted octanol–water partition coefficient (Wildman–Crippen LogP) is 5.34. The molecule has 0 saturated carbocycles. The van der Waals surface area contributed by atoms with Gasteiger partial charge < -0.3 is 15.2 Å². The lowest BCUT2D eigenvalue weighted by Crippen LogP contribution is -2.52. The van der Waals surface area contributed by atoms with Gasteiger partial charge in [-0.15, -0.1) is 0 Å². The van der Waals surface area contributed by atoms with Crippen molar-refractivity contribution >= 4 is 21.5 Å². The van der Waals surface area contributed by atoms with Gasteiger partial charge in [0.05, 0.1) is 17.7 Å². The van der Waals surface area contributed by atoms with Crippen molar-refractivity contribution in [1.29, 1.82) is 0 Å². The van der Waals surface area contributed by atoms with Crippen LogP contribution in [0.4, 0.5) is 0 Å². The van der Waals surface area contributed by atoms with Crippen LogP contribution in [0.2, 0.25) is 0 Å². The Morgan fingerprint density at radius 1 is 0.786 bits per heavy atom. The second-order valence-corrected chi connectivity index (χ2v) is 8.45. The molecule has 1 aliphatic rings. The fourth-order valence-electron chi connectivity index (χ4n) is 4.22. The van der Waals surface area contributed by atoms with Crippen LogP contribution in [0.1, 0.15) is 46.3 Å². The summed E-state index contributed by atoms with van der Waals surface area (Å²) in [5.74, 6) is 0.836. The summed E-state index contributed by atoms with van der Waals surface area (Å²) in [6.45, 7) is 10.3. The van der Waals surface area contributed by atoms with Crippen LogP contribution >= 0.6 is 0 Å². The number of hydrogen-bond acceptors (Lipinski definition) is 5. The van der Waals surface area contributed by atoms with Crippen molar-refractivity contribution in [3.8, 4) is 5.75 Å². The molecule has 3 aromatic carbocycles. The van der Waals surface area contributed by atoms with E-state index in [0.29, 0.717) is 6.61 Å². The van der Waals surface area contributed by atoms with E-state index in [1.165, 1.54) is 10.1 Å². The number of hydrogen-bond donors (Lipinski definition) is 2. The van der Waals surface area contributed by atoms with Gasteiger partial charge in [0.2, 0.25) is 0 Å². The number of fused-ring (bicyclic) bond motifs is 2. The van der Waals surface area contributed by atoms with Crippen LogP contribution in [0.25, 0.3) is 21.5 Å². The third kappa shape index (κ3) is 2.40. The molecule has 5 nitrogen and oxygen atoms in total. The number of nitrogens with zero attached hydrogens (tertiary/aromatic N) is 2. The second kappa shape index (κ2) is 6.42. The predicted molar refractivity (Wildman–Crippen MR) is 111 cm³/mol. The molecule has 1 saturated heterocycles. The largest absolute Gasteiger partial charge is 0.493 e. The van der Waals surface area contributed by atoms with Crippen LogP contribution < -0.4 is 4.74 Å². The third-order valence-electron chi connectivity index (χ3n) is 6.58. The fraction of sp³-hybridized carbons (Fsp3) is 0.391. The maximum absolute atomic E-state index is 11.2. The summed E-state index contributed by atoms with van der Waals surface area (Å²) in [5.41, 5.74) is -0.446. The number of benzene rings is 3. The molecule has 3 aromatic rings. The smallest absolute Gasteiger partial charge is 0.138 e. The minimum Gasteiger partial charge on any atom is -0.493 e. The lowest BCUT2D eigenvalue weighted by molar-refractivity contribution is -0.222. The van der Waals surface area contributed by atoms with Crippen molar-refractivity contribution in [3.63, 3.8) is 0 Å². The van der Waals surface area contributed by atoms with E-state index in [9.17, 15) is 10.4 Å². The molecule has 148 valence electrons. The van der Waals surface area contributed by atoms with Crippen LogP contribution in [0.5, 0.6) is 5.75 Å². The Labute approximate surface area is 165 Å². The summed E-state index contributed by atoms with van der Waals surface area (Å²) in [7, 11) is 0. The zero-order valence-electron chi connectivity index (χ0n) is 17.1. The Morgan fingerprint density at radius 3 is 1.57 bits per heavy atom. The first-order chi connectivity index (χ1) is 13.2. The highest BCUT2D eigenvalue weighted by Crippen LogP contribution is 2.51. The maximum Gasteiger partial charge on any atom is 0.138 e. The van der Waals surface area contributed by atoms with E-state index in [0.717, 1.165) is 32.9 Å². The molecule has 0 aliphatic carbocycles. The summed E-state index contributed by atoms with van der Waals surface area (Å²) >= 11 is 0. The Balaban J connectivity index is 2.12. The lowest BCUT2D eigenvalue weighted by Gasteiger charge is -2.37. The van der Waals surface area contributed by atoms with Gasteiger partial charge in [0.1, 0.15) is 11.9 Å². The van der Waals surface area contributed by atoms with Crippen LogP contribution in [0.15, 0.2) is 48.5 Å². The van der Waals surface area contributed by atoms with Gasteiger partial charge in [-0.25, -0.2) is 0 Å². The van der Waals surface area contributed by atoms with Gasteiger partial charge in [-0.05, 0) is 45.4 Å². The minimum atomic E-state index is -0.699. The van der Waals surface area contributed by atoms with E-state index in [4.69, 9.17) is 4.74 Å². The van der Waals surface area contributed by atoms with Crippen LogP contribution in [0, 0.1) is 0 Å². The van der Waals surface area contributed by atoms with Crippen LogP contribution in [-0.2, 0) is 0 Å². The molecule has 1 aliphatic heterocycles. The van der Waals surface area contributed by atoms with Crippen molar-refractivity contribution in [3.05, 3.63) is 54.1 Å². The number of ether oxygens (including phenoxy) is 1. The molecule has 0 atom stereocenters.